The smallest absolute Gasteiger partial charge is 0.318 e. The number of nitrogens with zero attached hydrogens (tertiary/aromatic N) is 3. The standard InChI is InChI=1S/C26H26N6O7S2/c1-18(17-33)27-24-29-25(28-21-11-3-2-4-12-21)31-26(30-24)32-39-41(37,38)23-14-8-6-10-20(23)16-15-19-9-5-7-13-22(19)40(34,35)36/h2-16,18,33H,17H2,1H3,(H,34,35,36)(H3,27,28,29,30,31,32). The lowest BCUT2D eigenvalue weighted by atomic mass is 10.1. The van der Waals surface area contributed by atoms with Crippen LogP contribution in [0.5, 0.6) is 0 Å². The van der Waals surface area contributed by atoms with Gasteiger partial charge >= 0.3 is 10.1 Å². The van der Waals surface area contributed by atoms with E-state index in [1.807, 2.05) is 6.07 Å². The molecule has 0 radical (unpaired) electrons. The monoisotopic (exact) mass is 598 g/mol. The van der Waals surface area contributed by atoms with E-state index in [0.717, 1.165) is 0 Å². The molecule has 0 fully saturated rings. The Morgan fingerprint density at radius 1 is 0.780 bits per heavy atom. The van der Waals surface area contributed by atoms with Crippen molar-refractivity contribution in [2.45, 2.75) is 22.8 Å². The Bertz CT molecular complexity index is 1750. The van der Waals surface area contributed by atoms with Gasteiger partial charge in [0.05, 0.1) is 6.61 Å². The van der Waals surface area contributed by atoms with E-state index in [4.69, 9.17) is 4.28 Å². The maximum atomic E-state index is 13.2. The predicted molar refractivity (Wildman–Crippen MR) is 153 cm³/mol. The van der Waals surface area contributed by atoms with Crippen molar-refractivity contribution >= 4 is 55.9 Å². The summed E-state index contributed by atoms with van der Waals surface area (Å²) in [5.41, 5.74) is 3.24. The lowest BCUT2D eigenvalue weighted by Crippen LogP contribution is -2.22. The SMILES string of the molecule is CC(CO)Nc1nc(NOS(=O)(=O)c2ccccc2C=Cc2ccccc2S(=O)(=O)O)nc(Nc2ccccc2)n1. The lowest BCUT2D eigenvalue weighted by Gasteiger charge is -2.14. The molecule has 41 heavy (non-hydrogen) atoms. The fourth-order valence-corrected chi connectivity index (χ4v) is 5.10. The van der Waals surface area contributed by atoms with Gasteiger partial charge < -0.3 is 15.7 Å². The number of nitrogens with one attached hydrogen (secondary N) is 3. The van der Waals surface area contributed by atoms with Gasteiger partial charge in [0.1, 0.15) is 9.79 Å². The summed E-state index contributed by atoms with van der Waals surface area (Å²) in [6, 6.07) is 20.2. The third-order valence-electron chi connectivity index (χ3n) is 5.39. The van der Waals surface area contributed by atoms with E-state index in [0.29, 0.717) is 5.69 Å². The van der Waals surface area contributed by atoms with E-state index in [1.165, 1.54) is 48.6 Å². The molecule has 0 spiro atoms. The van der Waals surface area contributed by atoms with Gasteiger partial charge in [-0.25, -0.2) is 5.48 Å². The quantitative estimate of drug-likeness (QED) is 0.0904. The van der Waals surface area contributed by atoms with E-state index in [2.05, 4.69) is 31.1 Å². The third kappa shape index (κ3) is 8.06. The van der Waals surface area contributed by atoms with Crippen LogP contribution in [-0.2, 0) is 24.5 Å². The van der Waals surface area contributed by atoms with Crippen LogP contribution in [0.4, 0.5) is 23.5 Å². The minimum Gasteiger partial charge on any atom is -0.394 e. The van der Waals surface area contributed by atoms with Crippen LogP contribution >= 0.6 is 0 Å². The number of rotatable bonds is 12. The predicted octanol–water partition coefficient (Wildman–Crippen LogP) is 3.56. The average Bonchev–Trinajstić information content (AvgIpc) is 2.95. The van der Waals surface area contributed by atoms with Crippen LogP contribution in [0, 0.1) is 0 Å². The first-order chi connectivity index (χ1) is 19.5. The number of benzene rings is 3. The van der Waals surface area contributed by atoms with Gasteiger partial charge in [-0.2, -0.15) is 31.8 Å². The number of hydrogen-bond acceptors (Lipinski definition) is 12. The van der Waals surface area contributed by atoms with Crippen LogP contribution in [0.2, 0.25) is 0 Å². The largest absolute Gasteiger partial charge is 0.394 e. The van der Waals surface area contributed by atoms with Crippen molar-refractivity contribution in [3.05, 3.63) is 90.0 Å². The molecule has 4 rings (SSSR count). The molecule has 0 saturated carbocycles. The van der Waals surface area contributed by atoms with Crippen molar-refractivity contribution in [3.63, 3.8) is 0 Å². The van der Waals surface area contributed by atoms with Gasteiger partial charge in [0.25, 0.3) is 16.1 Å². The first-order valence-electron chi connectivity index (χ1n) is 12.0. The summed E-state index contributed by atoms with van der Waals surface area (Å²) in [4.78, 5) is 11.9. The first kappa shape index (κ1) is 29.6. The summed E-state index contributed by atoms with van der Waals surface area (Å²) < 4.78 is 64.3. The molecule has 1 unspecified atom stereocenters. The number of anilines is 4. The van der Waals surface area contributed by atoms with Crippen molar-refractivity contribution in [3.8, 4) is 0 Å². The van der Waals surface area contributed by atoms with E-state index >= 15 is 0 Å². The summed E-state index contributed by atoms with van der Waals surface area (Å²) >= 11 is 0. The molecular formula is C26H26N6O7S2. The molecule has 3 aromatic carbocycles. The van der Waals surface area contributed by atoms with Crippen molar-refractivity contribution in [1.29, 1.82) is 0 Å². The first-order valence-corrected chi connectivity index (χ1v) is 14.9. The molecule has 0 saturated heterocycles. The number of aromatic nitrogens is 3. The number of aliphatic hydroxyl groups is 1. The summed E-state index contributed by atoms with van der Waals surface area (Å²) in [6.07, 6.45) is 2.74. The third-order valence-corrected chi connectivity index (χ3v) is 7.53. The van der Waals surface area contributed by atoms with Gasteiger partial charge in [0.15, 0.2) is 0 Å². The zero-order valence-electron chi connectivity index (χ0n) is 21.5. The van der Waals surface area contributed by atoms with Crippen molar-refractivity contribution < 1.29 is 30.8 Å². The molecule has 0 bridgehead atoms. The number of aliphatic hydroxyl groups excluding tert-OH is 1. The summed E-state index contributed by atoms with van der Waals surface area (Å²) in [5, 5.41) is 15.2. The molecule has 0 amide bonds. The maximum Gasteiger partial charge on any atom is 0.318 e. The molecule has 1 heterocycles. The second-order valence-electron chi connectivity index (χ2n) is 8.55. The van der Waals surface area contributed by atoms with Gasteiger partial charge in [-0.3, -0.25) is 4.55 Å². The minimum absolute atomic E-state index is 0.0457. The Balaban J connectivity index is 1.59. The van der Waals surface area contributed by atoms with Crippen LogP contribution in [0.1, 0.15) is 18.1 Å². The highest BCUT2D eigenvalue weighted by atomic mass is 32.2. The Kier molecular flexibility index (Phi) is 9.26. The zero-order chi connectivity index (χ0) is 29.5. The van der Waals surface area contributed by atoms with Gasteiger partial charge in [0.2, 0.25) is 11.9 Å². The Hall–Kier alpha value is -4.41. The molecular weight excluding hydrogens is 572 g/mol. The Morgan fingerprint density at radius 2 is 1.32 bits per heavy atom. The van der Waals surface area contributed by atoms with E-state index < -0.39 is 26.3 Å². The fourth-order valence-electron chi connectivity index (χ4n) is 3.47. The van der Waals surface area contributed by atoms with Gasteiger partial charge in [-0.15, -0.1) is 4.28 Å². The van der Waals surface area contributed by atoms with Crippen LogP contribution in [0.25, 0.3) is 12.2 Å². The van der Waals surface area contributed by atoms with Crippen molar-refractivity contribution in [1.82, 2.24) is 15.0 Å². The van der Waals surface area contributed by atoms with Crippen LogP contribution in [0.3, 0.4) is 0 Å². The zero-order valence-corrected chi connectivity index (χ0v) is 23.2. The highest BCUT2D eigenvalue weighted by Crippen LogP contribution is 2.23. The molecule has 0 aliphatic carbocycles. The van der Waals surface area contributed by atoms with Gasteiger partial charge in [-0.1, -0.05) is 66.7 Å². The highest BCUT2D eigenvalue weighted by molar-refractivity contribution is 7.87. The Labute approximate surface area is 236 Å². The molecule has 4 aromatic rings. The average molecular weight is 599 g/mol. The molecule has 0 aliphatic heterocycles. The fraction of sp³-hybridized carbons (Fsp3) is 0.115. The molecule has 1 aromatic heterocycles. The van der Waals surface area contributed by atoms with Crippen LogP contribution in [-0.4, -0.2) is 54.1 Å². The summed E-state index contributed by atoms with van der Waals surface area (Å²) in [6.45, 7) is 1.49. The van der Waals surface area contributed by atoms with Crippen LogP contribution < -0.4 is 16.1 Å². The normalized spacial score (nSPS) is 12.7. The van der Waals surface area contributed by atoms with Crippen molar-refractivity contribution in [2.24, 2.45) is 0 Å². The molecule has 214 valence electrons. The lowest BCUT2D eigenvalue weighted by molar-refractivity contribution is 0.281. The highest BCUT2D eigenvalue weighted by Gasteiger charge is 2.21. The topological polar surface area (TPSA) is 193 Å². The molecule has 5 N–H and O–H groups in total. The maximum absolute atomic E-state index is 13.2. The second kappa shape index (κ2) is 12.8. The number of hydrogen-bond donors (Lipinski definition) is 5. The second-order valence-corrected chi connectivity index (χ2v) is 11.5. The van der Waals surface area contributed by atoms with Crippen LogP contribution in [0.15, 0.2) is 88.7 Å². The molecule has 15 heteroatoms. The van der Waals surface area contributed by atoms with E-state index in [-0.39, 0.29) is 45.4 Å². The molecule has 1 atom stereocenters. The summed E-state index contributed by atoms with van der Waals surface area (Å²) in [7, 11) is -8.96. The molecule has 0 aliphatic rings. The van der Waals surface area contributed by atoms with E-state index in [1.54, 1.807) is 43.3 Å². The van der Waals surface area contributed by atoms with Crippen molar-refractivity contribution in [2.75, 3.05) is 22.7 Å². The molecule has 13 nitrogen and oxygen atoms in total. The van der Waals surface area contributed by atoms with E-state index in [9.17, 15) is 26.5 Å². The number of para-hydroxylation sites is 1. The minimum atomic E-state index is -4.50. The summed E-state index contributed by atoms with van der Waals surface area (Å²) in [5.74, 6) is -0.128. The Morgan fingerprint density at radius 3 is 1.95 bits per heavy atom. The van der Waals surface area contributed by atoms with Gasteiger partial charge in [0, 0.05) is 11.7 Å². The van der Waals surface area contributed by atoms with Gasteiger partial charge in [-0.05, 0) is 42.3 Å².